The van der Waals surface area contributed by atoms with Gasteiger partial charge in [0, 0.05) is 23.5 Å². The number of benzene rings is 1. The molecule has 0 bridgehead atoms. The minimum absolute atomic E-state index is 0.379. The normalized spacial score (nSPS) is 20.1. The lowest BCUT2D eigenvalue weighted by Gasteiger charge is -2.40. The van der Waals surface area contributed by atoms with Crippen LogP contribution in [0.2, 0.25) is 0 Å². The SMILES string of the molecule is Oc1ccc2oc(-c3cccs3)cc2c1CN1CCC(N2CCCCC2)CC1. The number of furan rings is 1. The highest BCUT2D eigenvalue weighted by Gasteiger charge is 2.26. The van der Waals surface area contributed by atoms with Crippen molar-refractivity contribution in [3.8, 4) is 16.4 Å². The van der Waals surface area contributed by atoms with Crippen LogP contribution in [0.3, 0.4) is 0 Å². The third-order valence-electron chi connectivity index (χ3n) is 6.40. The predicted octanol–water partition coefficient (Wildman–Crippen LogP) is 5.32. The molecule has 4 heterocycles. The molecule has 2 fully saturated rings. The Morgan fingerprint density at radius 2 is 1.86 bits per heavy atom. The van der Waals surface area contributed by atoms with Gasteiger partial charge >= 0.3 is 0 Å². The van der Waals surface area contributed by atoms with Gasteiger partial charge in [-0.05, 0) is 81.5 Å². The van der Waals surface area contributed by atoms with Gasteiger partial charge in [0.15, 0.2) is 0 Å². The summed E-state index contributed by atoms with van der Waals surface area (Å²) < 4.78 is 6.07. The largest absolute Gasteiger partial charge is 0.508 e. The van der Waals surface area contributed by atoms with E-state index in [0.717, 1.165) is 52.8 Å². The molecule has 2 aromatic heterocycles. The Morgan fingerprint density at radius 3 is 2.61 bits per heavy atom. The summed E-state index contributed by atoms with van der Waals surface area (Å²) in [5.41, 5.74) is 1.86. The highest BCUT2D eigenvalue weighted by molar-refractivity contribution is 7.13. The molecule has 4 nitrogen and oxygen atoms in total. The quantitative estimate of drug-likeness (QED) is 0.648. The zero-order valence-electron chi connectivity index (χ0n) is 16.3. The molecule has 0 atom stereocenters. The van der Waals surface area contributed by atoms with Gasteiger partial charge in [-0.3, -0.25) is 4.90 Å². The third-order valence-corrected chi connectivity index (χ3v) is 7.28. The highest BCUT2D eigenvalue weighted by atomic mass is 32.1. The van der Waals surface area contributed by atoms with Gasteiger partial charge in [0.25, 0.3) is 0 Å². The van der Waals surface area contributed by atoms with Gasteiger partial charge in [-0.1, -0.05) is 12.5 Å². The van der Waals surface area contributed by atoms with E-state index in [1.165, 1.54) is 45.2 Å². The van der Waals surface area contributed by atoms with E-state index in [-0.39, 0.29) is 0 Å². The molecule has 2 saturated heterocycles. The van der Waals surface area contributed by atoms with Crippen molar-refractivity contribution in [1.29, 1.82) is 0 Å². The van der Waals surface area contributed by atoms with Crippen LogP contribution in [0.1, 0.15) is 37.7 Å². The molecule has 148 valence electrons. The van der Waals surface area contributed by atoms with E-state index in [1.807, 2.05) is 12.1 Å². The lowest BCUT2D eigenvalue weighted by molar-refractivity contribution is 0.0895. The molecule has 28 heavy (non-hydrogen) atoms. The molecule has 0 saturated carbocycles. The van der Waals surface area contributed by atoms with E-state index in [0.29, 0.717) is 5.75 Å². The van der Waals surface area contributed by atoms with Crippen LogP contribution in [0.25, 0.3) is 21.6 Å². The molecule has 0 spiro atoms. The fourth-order valence-corrected chi connectivity index (χ4v) is 5.49. The Hall–Kier alpha value is -1.82. The maximum absolute atomic E-state index is 10.6. The molecule has 0 radical (unpaired) electrons. The molecule has 0 unspecified atom stereocenters. The number of likely N-dealkylation sites (tertiary alicyclic amines) is 2. The summed E-state index contributed by atoms with van der Waals surface area (Å²) in [6.07, 6.45) is 6.61. The van der Waals surface area contributed by atoms with Gasteiger partial charge in [-0.2, -0.15) is 0 Å². The standard InChI is InChI=1S/C23H28N2O2S/c26-20-6-7-21-18(15-22(27-21)23-5-4-14-28-23)19(20)16-24-12-8-17(9-13-24)25-10-2-1-3-11-25/h4-7,14-15,17,26H,1-3,8-13,16H2. The van der Waals surface area contributed by atoms with Gasteiger partial charge in [-0.15, -0.1) is 11.3 Å². The van der Waals surface area contributed by atoms with Crippen molar-refractivity contribution in [2.75, 3.05) is 26.2 Å². The molecule has 2 aliphatic heterocycles. The first-order chi connectivity index (χ1) is 13.8. The summed E-state index contributed by atoms with van der Waals surface area (Å²) in [6.45, 7) is 5.56. The zero-order valence-corrected chi connectivity index (χ0v) is 17.1. The summed E-state index contributed by atoms with van der Waals surface area (Å²) >= 11 is 1.68. The summed E-state index contributed by atoms with van der Waals surface area (Å²) in [5.74, 6) is 1.27. The Labute approximate surface area is 170 Å². The number of nitrogens with zero attached hydrogens (tertiary/aromatic N) is 2. The average Bonchev–Trinajstić information content (AvgIpc) is 3.41. The minimum atomic E-state index is 0.379. The van der Waals surface area contributed by atoms with E-state index >= 15 is 0 Å². The van der Waals surface area contributed by atoms with Crippen molar-refractivity contribution in [3.63, 3.8) is 0 Å². The van der Waals surface area contributed by atoms with Gasteiger partial charge in [0.1, 0.15) is 17.1 Å². The maximum Gasteiger partial charge on any atom is 0.145 e. The second-order valence-corrected chi connectivity index (χ2v) is 9.11. The van der Waals surface area contributed by atoms with E-state index < -0.39 is 0 Å². The van der Waals surface area contributed by atoms with Crippen LogP contribution in [-0.2, 0) is 6.54 Å². The van der Waals surface area contributed by atoms with Crippen LogP contribution in [0.4, 0.5) is 0 Å². The Balaban J connectivity index is 1.32. The Morgan fingerprint density at radius 1 is 1.04 bits per heavy atom. The monoisotopic (exact) mass is 396 g/mol. The van der Waals surface area contributed by atoms with Gasteiger partial charge < -0.3 is 14.4 Å². The molecule has 2 aliphatic rings. The number of hydrogen-bond donors (Lipinski definition) is 1. The van der Waals surface area contributed by atoms with E-state index in [4.69, 9.17) is 4.42 Å². The van der Waals surface area contributed by atoms with Crippen molar-refractivity contribution >= 4 is 22.3 Å². The number of rotatable bonds is 4. The number of phenolic OH excluding ortho intramolecular Hbond substituents is 1. The first-order valence-electron chi connectivity index (χ1n) is 10.5. The zero-order chi connectivity index (χ0) is 18.9. The van der Waals surface area contributed by atoms with Crippen LogP contribution >= 0.6 is 11.3 Å². The highest BCUT2D eigenvalue weighted by Crippen LogP contribution is 2.36. The fourth-order valence-electron chi connectivity index (χ4n) is 4.81. The first-order valence-corrected chi connectivity index (χ1v) is 11.4. The van der Waals surface area contributed by atoms with Crippen LogP contribution in [0.15, 0.2) is 40.1 Å². The van der Waals surface area contributed by atoms with Crippen molar-refractivity contribution < 1.29 is 9.52 Å². The Bertz CT molecular complexity index is 920. The minimum Gasteiger partial charge on any atom is -0.508 e. The summed E-state index contributed by atoms with van der Waals surface area (Å²) in [6, 6.07) is 10.6. The maximum atomic E-state index is 10.6. The number of piperidine rings is 2. The molecule has 5 rings (SSSR count). The van der Waals surface area contributed by atoms with Crippen molar-refractivity contribution in [2.24, 2.45) is 0 Å². The lowest BCUT2D eigenvalue weighted by Crippen LogP contribution is -2.46. The summed E-state index contributed by atoms with van der Waals surface area (Å²) in [4.78, 5) is 6.33. The molecule has 0 amide bonds. The second-order valence-electron chi connectivity index (χ2n) is 8.17. The van der Waals surface area contributed by atoms with Gasteiger partial charge in [-0.25, -0.2) is 0 Å². The fraction of sp³-hybridized carbons (Fsp3) is 0.478. The summed E-state index contributed by atoms with van der Waals surface area (Å²) in [7, 11) is 0. The average molecular weight is 397 g/mol. The van der Waals surface area contributed by atoms with Crippen LogP contribution in [0.5, 0.6) is 5.75 Å². The molecular formula is C23H28N2O2S. The molecule has 3 aromatic rings. The van der Waals surface area contributed by atoms with Crippen LogP contribution < -0.4 is 0 Å². The third kappa shape index (κ3) is 3.59. The Kier molecular flexibility index (Phi) is 5.14. The van der Waals surface area contributed by atoms with Gasteiger partial charge in [0.05, 0.1) is 4.88 Å². The smallest absolute Gasteiger partial charge is 0.145 e. The van der Waals surface area contributed by atoms with Gasteiger partial charge in [0.2, 0.25) is 0 Å². The summed E-state index contributed by atoms with van der Waals surface area (Å²) in [5, 5.41) is 13.7. The van der Waals surface area contributed by atoms with E-state index in [2.05, 4.69) is 27.3 Å². The molecule has 0 aliphatic carbocycles. The number of aromatic hydroxyl groups is 1. The van der Waals surface area contributed by atoms with Crippen LogP contribution in [0, 0.1) is 0 Å². The molecule has 1 N–H and O–H groups in total. The van der Waals surface area contributed by atoms with Crippen molar-refractivity contribution in [2.45, 2.75) is 44.7 Å². The van der Waals surface area contributed by atoms with Crippen molar-refractivity contribution in [3.05, 3.63) is 41.3 Å². The number of fused-ring (bicyclic) bond motifs is 1. The first kappa shape index (κ1) is 18.2. The molecule has 5 heteroatoms. The number of phenols is 1. The van der Waals surface area contributed by atoms with Crippen LogP contribution in [-0.4, -0.2) is 47.1 Å². The topological polar surface area (TPSA) is 39.9 Å². The second kappa shape index (κ2) is 7.90. The van der Waals surface area contributed by atoms with E-state index in [9.17, 15) is 5.11 Å². The van der Waals surface area contributed by atoms with Crippen molar-refractivity contribution in [1.82, 2.24) is 9.80 Å². The van der Waals surface area contributed by atoms with E-state index in [1.54, 1.807) is 17.4 Å². The molecular weight excluding hydrogens is 368 g/mol. The number of hydrogen-bond acceptors (Lipinski definition) is 5. The number of thiophene rings is 1. The molecule has 1 aromatic carbocycles. The lowest BCUT2D eigenvalue weighted by atomic mass is 9.99. The predicted molar refractivity (Wildman–Crippen MR) is 115 cm³/mol.